The van der Waals surface area contributed by atoms with E-state index in [-0.39, 0.29) is 17.9 Å². The Morgan fingerprint density at radius 2 is 1.76 bits per heavy atom. The Kier molecular flexibility index (Phi) is 5.24. The van der Waals surface area contributed by atoms with Crippen LogP contribution >= 0.6 is 0 Å². The van der Waals surface area contributed by atoms with Crippen LogP contribution in [0.4, 0.5) is 9.18 Å². The summed E-state index contributed by atoms with van der Waals surface area (Å²) in [5, 5.41) is 9.78. The summed E-state index contributed by atoms with van der Waals surface area (Å²) in [6, 6.07) is 20.1. The van der Waals surface area contributed by atoms with E-state index in [1.807, 2.05) is 30.3 Å². The number of carbonyl (C=O) groups is 1. The molecule has 1 aliphatic carbocycles. The third-order valence-electron chi connectivity index (χ3n) is 7.05. The Labute approximate surface area is 192 Å². The predicted molar refractivity (Wildman–Crippen MR) is 122 cm³/mol. The Morgan fingerprint density at radius 3 is 2.45 bits per heavy atom. The van der Waals surface area contributed by atoms with E-state index in [1.165, 1.54) is 17.0 Å². The van der Waals surface area contributed by atoms with Gasteiger partial charge in [0.25, 0.3) is 0 Å². The zero-order valence-corrected chi connectivity index (χ0v) is 18.8. The number of carboxylic acid groups (broad SMARTS) is 1. The first kappa shape index (κ1) is 21.6. The third-order valence-corrected chi connectivity index (χ3v) is 9.60. The number of hydrogen-bond donors (Lipinski definition) is 1. The number of likely N-dealkylation sites (tertiary alicyclic amines) is 1. The van der Waals surface area contributed by atoms with Crippen molar-refractivity contribution in [3.63, 3.8) is 0 Å². The van der Waals surface area contributed by atoms with Crippen molar-refractivity contribution in [2.75, 3.05) is 6.54 Å². The lowest BCUT2D eigenvalue weighted by Gasteiger charge is -2.42. The Morgan fingerprint density at radius 1 is 1.03 bits per heavy atom. The van der Waals surface area contributed by atoms with Crippen LogP contribution in [0.15, 0.2) is 77.7 Å². The molecule has 0 aromatic heterocycles. The molecule has 0 radical (unpaired) electrons. The van der Waals surface area contributed by atoms with Crippen LogP contribution in [0, 0.1) is 5.82 Å². The number of fused-ring (bicyclic) bond motifs is 3. The first-order valence-electron chi connectivity index (χ1n) is 11.0. The van der Waals surface area contributed by atoms with Crippen LogP contribution in [-0.2, 0) is 27.4 Å². The van der Waals surface area contributed by atoms with Gasteiger partial charge in [-0.05, 0) is 72.2 Å². The van der Waals surface area contributed by atoms with Crippen molar-refractivity contribution in [2.45, 2.75) is 41.4 Å². The molecule has 1 heterocycles. The summed E-state index contributed by atoms with van der Waals surface area (Å²) in [5.41, 5.74) is 3.86. The molecule has 0 saturated carbocycles. The number of sulfone groups is 1. The molecule has 5 rings (SSSR count). The van der Waals surface area contributed by atoms with Crippen molar-refractivity contribution in [3.05, 3.63) is 101 Å². The molecule has 2 atom stereocenters. The van der Waals surface area contributed by atoms with Crippen molar-refractivity contribution in [1.29, 1.82) is 0 Å². The summed E-state index contributed by atoms with van der Waals surface area (Å²) in [5.74, 6) is -0.517. The fourth-order valence-electron chi connectivity index (χ4n) is 5.58. The molecule has 2 aliphatic rings. The van der Waals surface area contributed by atoms with E-state index in [0.29, 0.717) is 18.4 Å². The second kappa shape index (κ2) is 7.99. The number of aryl methyl sites for hydroxylation is 1. The summed E-state index contributed by atoms with van der Waals surface area (Å²) < 4.78 is 40.3. The molecule has 1 N–H and O–H groups in total. The van der Waals surface area contributed by atoms with Gasteiger partial charge in [0.05, 0.1) is 10.9 Å². The molecule has 0 spiro atoms. The summed E-state index contributed by atoms with van der Waals surface area (Å²) in [6.07, 6.45) is 0.827. The Hall–Kier alpha value is -3.19. The lowest BCUT2D eigenvalue weighted by molar-refractivity contribution is 0.132. The highest BCUT2D eigenvalue weighted by atomic mass is 32.2. The highest BCUT2D eigenvalue weighted by molar-refractivity contribution is 7.92. The van der Waals surface area contributed by atoms with Crippen molar-refractivity contribution in [2.24, 2.45) is 0 Å². The summed E-state index contributed by atoms with van der Waals surface area (Å²) in [7, 11) is -4.00. The average molecular weight is 466 g/mol. The molecule has 5 nitrogen and oxygen atoms in total. The molecule has 170 valence electrons. The maximum absolute atomic E-state index is 14.1. The summed E-state index contributed by atoms with van der Waals surface area (Å²) >= 11 is 0. The molecule has 0 unspecified atom stereocenters. The van der Waals surface area contributed by atoms with Crippen LogP contribution in [0.25, 0.3) is 0 Å². The number of hydrogen-bond acceptors (Lipinski definition) is 3. The zero-order valence-electron chi connectivity index (χ0n) is 17.9. The van der Waals surface area contributed by atoms with E-state index < -0.39 is 32.5 Å². The Bertz CT molecular complexity index is 1310. The van der Waals surface area contributed by atoms with Crippen LogP contribution in [0.5, 0.6) is 0 Å². The monoisotopic (exact) mass is 465 g/mol. The molecule has 1 fully saturated rings. The zero-order chi connectivity index (χ0) is 23.2. The minimum Gasteiger partial charge on any atom is -0.465 e. The SMILES string of the molecule is O=C(O)N1CC[C@@]2(S(=O)(=O)c3ccc(F)cc3)c3ccc(Cc4ccccc4)cc3CC[C@@H]12. The second-order valence-electron chi connectivity index (χ2n) is 8.78. The van der Waals surface area contributed by atoms with Crippen LogP contribution in [0.2, 0.25) is 0 Å². The standard InChI is InChI=1S/C26H24FNO4S/c27-21-8-10-22(11-9-21)33(31,32)26-14-15-28(25(29)30)24(26)13-7-20-17-19(6-12-23(20)26)16-18-4-2-1-3-5-18/h1-6,8-12,17,24H,7,13-16H2,(H,29,30)/t24-,26-/m1/s1. The van der Waals surface area contributed by atoms with Gasteiger partial charge >= 0.3 is 6.09 Å². The van der Waals surface area contributed by atoms with Crippen LogP contribution in [0.1, 0.15) is 35.1 Å². The molecule has 3 aromatic carbocycles. The van der Waals surface area contributed by atoms with Gasteiger partial charge in [0.1, 0.15) is 10.6 Å². The first-order chi connectivity index (χ1) is 15.8. The molecule has 0 bridgehead atoms. The highest BCUT2D eigenvalue weighted by Crippen LogP contribution is 2.52. The third kappa shape index (κ3) is 3.42. The van der Waals surface area contributed by atoms with Gasteiger partial charge in [-0.25, -0.2) is 17.6 Å². The summed E-state index contributed by atoms with van der Waals surface area (Å²) in [6.45, 7) is 0.144. The predicted octanol–water partition coefficient (Wildman–Crippen LogP) is 4.78. The van der Waals surface area contributed by atoms with Gasteiger partial charge in [0, 0.05) is 6.54 Å². The normalized spacial score (nSPS) is 22.0. The fourth-order valence-corrected chi connectivity index (χ4v) is 7.94. The van der Waals surface area contributed by atoms with Crippen molar-refractivity contribution < 1.29 is 22.7 Å². The van der Waals surface area contributed by atoms with Gasteiger partial charge in [0.15, 0.2) is 9.84 Å². The lowest BCUT2D eigenvalue weighted by Crippen LogP contribution is -2.52. The number of amides is 1. The van der Waals surface area contributed by atoms with Crippen molar-refractivity contribution >= 4 is 15.9 Å². The van der Waals surface area contributed by atoms with Gasteiger partial charge < -0.3 is 10.0 Å². The number of halogens is 1. The Balaban J connectivity index is 1.64. The molecule has 1 saturated heterocycles. The molecule has 1 aliphatic heterocycles. The molecular weight excluding hydrogens is 441 g/mol. The number of rotatable bonds is 4. The minimum atomic E-state index is -4.00. The van der Waals surface area contributed by atoms with Gasteiger partial charge in [-0.3, -0.25) is 0 Å². The largest absolute Gasteiger partial charge is 0.465 e. The van der Waals surface area contributed by atoms with Gasteiger partial charge in [-0.1, -0.05) is 48.5 Å². The van der Waals surface area contributed by atoms with Crippen molar-refractivity contribution in [1.82, 2.24) is 4.90 Å². The average Bonchev–Trinajstić information content (AvgIpc) is 3.22. The van der Waals surface area contributed by atoms with Crippen LogP contribution in [0.3, 0.4) is 0 Å². The maximum Gasteiger partial charge on any atom is 0.407 e. The number of nitrogens with zero attached hydrogens (tertiary/aromatic N) is 1. The van der Waals surface area contributed by atoms with E-state index >= 15 is 0 Å². The minimum absolute atomic E-state index is 0.0161. The molecule has 7 heteroatoms. The van der Waals surface area contributed by atoms with E-state index in [4.69, 9.17) is 0 Å². The smallest absolute Gasteiger partial charge is 0.407 e. The van der Waals surface area contributed by atoms with E-state index in [1.54, 1.807) is 0 Å². The molecule has 1 amide bonds. The van der Waals surface area contributed by atoms with Crippen LogP contribution in [-0.4, -0.2) is 37.1 Å². The number of benzene rings is 3. The van der Waals surface area contributed by atoms with E-state index in [2.05, 4.69) is 18.2 Å². The van der Waals surface area contributed by atoms with Gasteiger partial charge in [-0.15, -0.1) is 0 Å². The topological polar surface area (TPSA) is 74.7 Å². The molecule has 33 heavy (non-hydrogen) atoms. The maximum atomic E-state index is 14.1. The highest BCUT2D eigenvalue weighted by Gasteiger charge is 2.61. The molecular formula is C26H24FNO4S. The summed E-state index contributed by atoms with van der Waals surface area (Å²) in [4.78, 5) is 13.2. The van der Waals surface area contributed by atoms with Crippen molar-refractivity contribution in [3.8, 4) is 0 Å². The van der Waals surface area contributed by atoms with E-state index in [0.717, 1.165) is 35.2 Å². The lowest BCUT2D eigenvalue weighted by atomic mass is 9.78. The van der Waals surface area contributed by atoms with Crippen LogP contribution < -0.4 is 0 Å². The quantitative estimate of drug-likeness (QED) is 0.563. The van der Waals surface area contributed by atoms with E-state index in [9.17, 15) is 22.7 Å². The second-order valence-corrected chi connectivity index (χ2v) is 11.0. The molecule has 3 aromatic rings. The van der Waals surface area contributed by atoms with Gasteiger partial charge in [-0.2, -0.15) is 0 Å². The first-order valence-corrected chi connectivity index (χ1v) is 12.5. The van der Waals surface area contributed by atoms with Gasteiger partial charge in [0.2, 0.25) is 0 Å². The fraction of sp³-hybridized carbons (Fsp3) is 0.269.